The van der Waals surface area contributed by atoms with E-state index in [0.717, 1.165) is 0 Å². The predicted octanol–water partition coefficient (Wildman–Crippen LogP) is 0.628. The van der Waals surface area contributed by atoms with Gasteiger partial charge >= 0.3 is 0 Å². The molecule has 1 N–H and O–H groups in total. The summed E-state index contributed by atoms with van der Waals surface area (Å²) < 4.78 is 11.1. The number of aromatic nitrogens is 2. The number of halogens is 1. The van der Waals surface area contributed by atoms with Crippen molar-refractivity contribution in [1.29, 1.82) is 0 Å². The fourth-order valence-corrected chi connectivity index (χ4v) is 1.67. The number of amides is 1. The summed E-state index contributed by atoms with van der Waals surface area (Å²) in [6, 6.07) is 2.98. The van der Waals surface area contributed by atoms with Crippen LogP contribution in [0.3, 0.4) is 0 Å². The molecule has 0 saturated carbocycles. The molecular formula is C9H12ClN3O2S. The lowest BCUT2D eigenvalue weighted by atomic mass is 10.4. The highest BCUT2D eigenvalue weighted by Crippen LogP contribution is 2.01. The Morgan fingerprint density at radius 3 is 2.81 bits per heavy atom. The zero-order valence-electron chi connectivity index (χ0n) is 8.77. The van der Waals surface area contributed by atoms with Gasteiger partial charge < -0.3 is 5.32 Å². The van der Waals surface area contributed by atoms with Crippen LogP contribution in [0.25, 0.3) is 0 Å². The van der Waals surface area contributed by atoms with Crippen molar-refractivity contribution >= 4 is 28.3 Å². The first-order valence-electron chi connectivity index (χ1n) is 4.76. The second-order valence-electron chi connectivity index (χ2n) is 2.93. The van der Waals surface area contributed by atoms with Crippen LogP contribution in [0, 0.1) is 0 Å². The third kappa shape index (κ3) is 4.24. The van der Waals surface area contributed by atoms with Gasteiger partial charge in [0, 0.05) is 28.9 Å². The van der Waals surface area contributed by atoms with E-state index in [1.54, 1.807) is 0 Å². The maximum atomic E-state index is 11.5. The minimum absolute atomic E-state index is 0.201. The molecule has 7 heteroatoms. The normalized spacial score (nSPS) is 12.1. The van der Waals surface area contributed by atoms with Crippen molar-refractivity contribution in [2.45, 2.75) is 6.92 Å². The lowest BCUT2D eigenvalue weighted by Gasteiger charge is -2.03. The largest absolute Gasteiger partial charge is 0.350 e. The van der Waals surface area contributed by atoms with Gasteiger partial charge in [0.1, 0.15) is 0 Å². The monoisotopic (exact) mass is 261 g/mol. The molecule has 0 aromatic carbocycles. The third-order valence-corrected chi connectivity index (χ3v) is 3.31. The molecule has 0 radical (unpaired) electrons. The predicted molar refractivity (Wildman–Crippen MR) is 62.9 cm³/mol. The Bertz CT molecular complexity index is 383. The molecule has 1 unspecified atom stereocenters. The van der Waals surface area contributed by atoms with Crippen LogP contribution in [-0.4, -0.2) is 38.4 Å². The van der Waals surface area contributed by atoms with Gasteiger partial charge in [0.25, 0.3) is 5.91 Å². The van der Waals surface area contributed by atoms with Crippen molar-refractivity contribution in [1.82, 2.24) is 15.5 Å². The topological polar surface area (TPSA) is 72.0 Å². The highest BCUT2D eigenvalue weighted by molar-refractivity contribution is 7.84. The van der Waals surface area contributed by atoms with Crippen molar-refractivity contribution in [3.8, 4) is 0 Å². The lowest BCUT2D eigenvalue weighted by Crippen LogP contribution is -2.28. The summed E-state index contributed by atoms with van der Waals surface area (Å²) in [7, 11) is -0.875. The molecule has 5 nitrogen and oxygen atoms in total. The average Bonchev–Trinajstić information content (AvgIpc) is 2.29. The Morgan fingerprint density at radius 1 is 1.50 bits per heavy atom. The zero-order chi connectivity index (χ0) is 12.0. The summed E-state index contributed by atoms with van der Waals surface area (Å²) in [6.07, 6.45) is 0. The van der Waals surface area contributed by atoms with Gasteiger partial charge in [0.05, 0.1) is 0 Å². The summed E-state index contributed by atoms with van der Waals surface area (Å²) in [4.78, 5) is 11.5. The maximum absolute atomic E-state index is 11.5. The van der Waals surface area contributed by atoms with Crippen LogP contribution in [0.2, 0.25) is 5.15 Å². The van der Waals surface area contributed by atoms with E-state index in [9.17, 15) is 9.00 Å². The molecule has 0 bridgehead atoms. The highest BCUT2D eigenvalue weighted by Gasteiger charge is 2.07. The van der Waals surface area contributed by atoms with Crippen LogP contribution in [-0.2, 0) is 10.8 Å². The first-order chi connectivity index (χ1) is 7.63. The Kier molecular flexibility index (Phi) is 5.34. The molecule has 0 aliphatic rings. The van der Waals surface area contributed by atoms with Crippen LogP contribution >= 0.6 is 11.6 Å². The van der Waals surface area contributed by atoms with E-state index in [1.807, 2.05) is 6.92 Å². The molecule has 1 aromatic heterocycles. The summed E-state index contributed by atoms with van der Waals surface area (Å²) in [5.74, 6) is 0.706. The van der Waals surface area contributed by atoms with Gasteiger partial charge in [-0.15, -0.1) is 10.2 Å². The van der Waals surface area contributed by atoms with Crippen LogP contribution in [0.15, 0.2) is 12.1 Å². The molecular weight excluding hydrogens is 250 g/mol. The first kappa shape index (κ1) is 13.1. The minimum atomic E-state index is -0.875. The number of nitrogens with one attached hydrogen (secondary N) is 1. The first-order valence-corrected chi connectivity index (χ1v) is 6.62. The highest BCUT2D eigenvalue weighted by atomic mass is 35.5. The van der Waals surface area contributed by atoms with Gasteiger partial charge in [0.2, 0.25) is 0 Å². The summed E-state index contributed by atoms with van der Waals surface area (Å²) in [5.41, 5.74) is 0.201. The van der Waals surface area contributed by atoms with Gasteiger partial charge in [-0.1, -0.05) is 18.5 Å². The number of hydrogen-bond acceptors (Lipinski definition) is 4. The van der Waals surface area contributed by atoms with Gasteiger partial charge in [-0.2, -0.15) is 0 Å². The standard InChI is InChI=1S/C9H12ClN3O2S/c1-2-16(15)6-5-11-9(14)7-3-4-8(10)13-12-7/h3-4H,2,5-6H2,1H3,(H,11,14). The molecule has 0 aliphatic carbocycles. The molecule has 1 atom stereocenters. The van der Waals surface area contributed by atoms with E-state index in [1.165, 1.54) is 12.1 Å². The molecule has 0 saturated heterocycles. The van der Waals surface area contributed by atoms with Crippen molar-refractivity contribution in [2.75, 3.05) is 18.1 Å². The van der Waals surface area contributed by atoms with E-state index in [0.29, 0.717) is 18.1 Å². The van der Waals surface area contributed by atoms with E-state index < -0.39 is 10.8 Å². The minimum Gasteiger partial charge on any atom is -0.350 e. The number of nitrogens with zero attached hydrogens (tertiary/aromatic N) is 2. The van der Waals surface area contributed by atoms with Gasteiger partial charge in [-0.25, -0.2) is 0 Å². The molecule has 1 amide bonds. The van der Waals surface area contributed by atoms with Gasteiger partial charge in [0.15, 0.2) is 10.8 Å². The number of carbonyl (C=O) groups is 1. The molecule has 0 fully saturated rings. The molecule has 88 valence electrons. The Hall–Kier alpha value is -1.01. The average molecular weight is 262 g/mol. The third-order valence-electron chi connectivity index (χ3n) is 1.80. The van der Waals surface area contributed by atoms with E-state index >= 15 is 0 Å². The second-order valence-corrected chi connectivity index (χ2v) is 5.18. The zero-order valence-corrected chi connectivity index (χ0v) is 10.3. The van der Waals surface area contributed by atoms with E-state index in [2.05, 4.69) is 15.5 Å². The van der Waals surface area contributed by atoms with Crippen molar-refractivity contribution < 1.29 is 9.00 Å². The smallest absolute Gasteiger partial charge is 0.271 e. The summed E-state index contributed by atoms with van der Waals surface area (Å²) in [6.45, 7) is 2.20. The number of hydrogen-bond donors (Lipinski definition) is 1. The second kappa shape index (κ2) is 6.55. The fourth-order valence-electron chi connectivity index (χ4n) is 0.950. The van der Waals surface area contributed by atoms with E-state index in [4.69, 9.17) is 11.6 Å². The van der Waals surface area contributed by atoms with Crippen LogP contribution in [0.4, 0.5) is 0 Å². The Morgan fingerprint density at radius 2 is 2.25 bits per heavy atom. The van der Waals surface area contributed by atoms with Gasteiger partial charge in [-0.3, -0.25) is 9.00 Å². The Labute approximate surface area is 101 Å². The Balaban J connectivity index is 2.41. The van der Waals surface area contributed by atoms with Crippen LogP contribution in [0.1, 0.15) is 17.4 Å². The number of carbonyl (C=O) groups excluding carboxylic acids is 1. The number of rotatable bonds is 5. The van der Waals surface area contributed by atoms with Gasteiger partial charge in [-0.05, 0) is 12.1 Å². The molecule has 1 heterocycles. The molecule has 1 aromatic rings. The molecule has 0 spiro atoms. The van der Waals surface area contributed by atoms with Crippen molar-refractivity contribution in [3.05, 3.63) is 23.0 Å². The molecule has 0 aliphatic heterocycles. The van der Waals surface area contributed by atoms with Crippen LogP contribution in [0.5, 0.6) is 0 Å². The van der Waals surface area contributed by atoms with Crippen molar-refractivity contribution in [2.24, 2.45) is 0 Å². The molecule has 1 rings (SSSR count). The fraction of sp³-hybridized carbons (Fsp3) is 0.444. The van der Waals surface area contributed by atoms with E-state index in [-0.39, 0.29) is 16.8 Å². The maximum Gasteiger partial charge on any atom is 0.271 e. The molecule has 16 heavy (non-hydrogen) atoms. The summed E-state index contributed by atoms with van der Waals surface area (Å²) >= 11 is 5.54. The van der Waals surface area contributed by atoms with Crippen LogP contribution < -0.4 is 5.32 Å². The summed E-state index contributed by atoms with van der Waals surface area (Å²) in [5, 5.41) is 10.0. The quantitative estimate of drug-likeness (QED) is 0.844. The SMILES string of the molecule is CCS(=O)CCNC(=O)c1ccc(Cl)nn1. The van der Waals surface area contributed by atoms with Crippen molar-refractivity contribution in [3.63, 3.8) is 0 Å². The lowest BCUT2D eigenvalue weighted by molar-refractivity contribution is 0.0950.